The fraction of sp³-hybridized carbons (Fsp3) is 0.944. The van der Waals surface area contributed by atoms with E-state index in [2.05, 4.69) is 27.7 Å². The van der Waals surface area contributed by atoms with Gasteiger partial charge in [0, 0.05) is 12.8 Å². The predicted octanol–water partition coefficient (Wildman–Crippen LogP) is 11.8. The smallest absolute Gasteiger partial charge is 0.306 e. The number of esters is 2. The van der Waals surface area contributed by atoms with Gasteiger partial charge in [-0.15, -0.1) is 0 Å². The molecule has 2 atom stereocenters. The van der Waals surface area contributed by atoms with Crippen LogP contribution in [0.4, 0.5) is 0 Å². The van der Waals surface area contributed by atoms with E-state index in [0.717, 1.165) is 51.4 Å². The maximum absolute atomic E-state index is 12.6. The first kappa shape index (κ1) is 38.9. The molecular formula is C36H70O4. The lowest BCUT2D eigenvalue weighted by molar-refractivity contribution is -0.169. The Morgan fingerprint density at radius 3 is 0.875 bits per heavy atom. The highest BCUT2D eigenvalue weighted by molar-refractivity contribution is 5.70. The van der Waals surface area contributed by atoms with Gasteiger partial charge in [0.15, 0.2) is 0 Å². The van der Waals surface area contributed by atoms with Gasteiger partial charge in [0.1, 0.15) is 12.2 Å². The van der Waals surface area contributed by atoms with Crippen LogP contribution >= 0.6 is 0 Å². The molecule has 0 aliphatic heterocycles. The Labute approximate surface area is 250 Å². The largest absolute Gasteiger partial charge is 0.458 e. The van der Waals surface area contributed by atoms with E-state index in [1.807, 2.05) is 0 Å². The molecule has 0 aliphatic rings. The zero-order chi connectivity index (χ0) is 29.5. The second-order valence-electron chi connectivity index (χ2n) is 12.2. The van der Waals surface area contributed by atoms with Crippen molar-refractivity contribution in [2.45, 2.75) is 220 Å². The first-order valence-corrected chi connectivity index (χ1v) is 18.0. The zero-order valence-corrected chi connectivity index (χ0v) is 27.6. The molecule has 0 aromatic heterocycles. The summed E-state index contributed by atoms with van der Waals surface area (Å²) >= 11 is 0. The summed E-state index contributed by atoms with van der Waals surface area (Å²) in [7, 11) is 0. The first-order chi connectivity index (χ1) is 19.6. The Morgan fingerprint density at radius 2 is 0.625 bits per heavy atom. The monoisotopic (exact) mass is 567 g/mol. The summed E-state index contributed by atoms with van der Waals surface area (Å²) < 4.78 is 11.8. The fourth-order valence-electron chi connectivity index (χ4n) is 5.53. The Hall–Kier alpha value is -1.06. The molecule has 0 aromatic carbocycles. The van der Waals surface area contributed by atoms with Crippen LogP contribution in [0.3, 0.4) is 0 Å². The van der Waals surface area contributed by atoms with Crippen molar-refractivity contribution in [3.63, 3.8) is 0 Å². The highest BCUT2D eigenvalue weighted by Crippen LogP contribution is 2.20. The summed E-state index contributed by atoms with van der Waals surface area (Å²) in [6, 6.07) is 0. The van der Waals surface area contributed by atoms with E-state index in [0.29, 0.717) is 12.8 Å². The second kappa shape index (κ2) is 30.9. The normalized spacial score (nSPS) is 12.8. The third kappa shape index (κ3) is 25.9. The third-order valence-electron chi connectivity index (χ3n) is 8.10. The number of hydrogen-bond donors (Lipinski definition) is 0. The Bertz CT molecular complexity index is 499. The first-order valence-electron chi connectivity index (χ1n) is 18.0. The SMILES string of the molecule is CCCCCCCCCCCCCC(=O)OC(CCC)C(CCC)OC(=O)CCCCCCCCCCCCC. The molecule has 0 aliphatic carbocycles. The number of rotatable bonds is 31. The van der Waals surface area contributed by atoms with Crippen LogP contribution in [-0.2, 0) is 19.1 Å². The molecule has 4 heteroatoms. The molecule has 0 bridgehead atoms. The zero-order valence-electron chi connectivity index (χ0n) is 27.6. The van der Waals surface area contributed by atoms with Crippen molar-refractivity contribution >= 4 is 11.9 Å². The van der Waals surface area contributed by atoms with Gasteiger partial charge in [0.05, 0.1) is 0 Å². The van der Waals surface area contributed by atoms with Crippen LogP contribution in [0.5, 0.6) is 0 Å². The molecule has 0 spiro atoms. The Kier molecular flexibility index (Phi) is 30.1. The van der Waals surface area contributed by atoms with Gasteiger partial charge >= 0.3 is 11.9 Å². The topological polar surface area (TPSA) is 52.6 Å². The molecule has 40 heavy (non-hydrogen) atoms. The van der Waals surface area contributed by atoms with Crippen molar-refractivity contribution in [2.24, 2.45) is 0 Å². The van der Waals surface area contributed by atoms with Gasteiger partial charge in [-0.05, 0) is 25.7 Å². The van der Waals surface area contributed by atoms with E-state index in [1.54, 1.807) is 0 Å². The van der Waals surface area contributed by atoms with Crippen LogP contribution in [0.2, 0.25) is 0 Å². The molecule has 0 heterocycles. The van der Waals surface area contributed by atoms with E-state index in [-0.39, 0.29) is 24.1 Å². The van der Waals surface area contributed by atoms with Crippen molar-refractivity contribution in [1.29, 1.82) is 0 Å². The maximum Gasteiger partial charge on any atom is 0.306 e. The molecule has 0 radical (unpaired) electrons. The van der Waals surface area contributed by atoms with Gasteiger partial charge in [-0.25, -0.2) is 0 Å². The van der Waals surface area contributed by atoms with E-state index in [1.165, 1.54) is 116 Å². The van der Waals surface area contributed by atoms with Gasteiger partial charge in [-0.3, -0.25) is 9.59 Å². The average molecular weight is 567 g/mol. The molecule has 0 saturated carbocycles. The number of ether oxygens (including phenoxy) is 2. The summed E-state index contributed by atoms with van der Waals surface area (Å²) in [4.78, 5) is 25.2. The lowest BCUT2D eigenvalue weighted by Gasteiger charge is -2.27. The van der Waals surface area contributed by atoms with Crippen LogP contribution in [0, 0.1) is 0 Å². The van der Waals surface area contributed by atoms with E-state index < -0.39 is 0 Å². The molecule has 0 N–H and O–H groups in total. The van der Waals surface area contributed by atoms with Gasteiger partial charge in [0.2, 0.25) is 0 Å². The van der Waals surface area contributed by atoms with Crippen molar-refractivity contribution in [1.82, 2.24) is 0 Å². The standard InChI is InChI=1S/C36H70O4/c1-5-9-11-13-15-17-19-21-23-25-27-31-35(37)39-33(29-7-3)34(30-8-4)40-36(38)32-28-26-24-22-20-18-16-14-12-10-6-2/h33-34H,5-32H2,1-4H3. The minimum absolute atomic E-state index is 0.128. The van der Waals surface area contributed by atoms with E-state index >= 15 is 0 Å². The fourth-order valence-corrected chi connectivity index (χ4v) is 5.53. The molecule has 4 nitrogen and oxygen atoms in total. The summed E-state index contributed by atoms with van der Waals surface area (Å²) in [6.45, 7) is 8.72. The van der Waals surface area contributed by atoms with E-state index in [9.17, 15) is 9.59 Å². The third-order valence-corrected chi connectivity index (χ3v) is 8.10. The van der Waals surface area contributed by atoms with Gasteiger partial charge in [-0.1, -0.05) is 169 Å². The summed E-state index contributed by atoms with van der Waals surface area (Å²) in [5, 5.41) is 0. The highest BCUT2D eigenvalue weighted by atomic mass is 16.6. The van der Waals surface area contributed by atoms with Gasteiger partial charge in [0.25, 0.3) is 0 Å². The minimum Gasteiger partial charge on any atom is -0.458 e. The number of carbonyl (C=O) groups excluding carboxylic acids is 2. The average Bonchev–Trinajstić information content (AvgIpc) is 2.94. The number of carbonyl (C=O) groups is 2. The summed E-state index contributed by atoms with van der Waals surface area (Å²) in [5.41, 5.74) is 0. The Balaban J connectivity index is 4.11. The molecule has 0 fully saturated rings. The maximum atomic E-state index is 12.6. The molecule has 0 rings (SSSR count). The van der Waals surface area contributed by atoms with Crippen LogP contribution in [0.25, 0.3) is 0 Å². The van der Waals surface area contributed by atoms with E-state index in [4.69, 9.17) is 9.47 Å². The second-order valence-corrected chi connectivity index (χ2v) is 12.2. The van der Waals surface area contributed by atoms with Gasteiger partial charge in [-0.2, -0.15) is 0 Å². The van der Waals surface area contributed by atoms with Gasteiger partial charge < -0.3 is 9.47 Å². The number of unbranched alkanes of at least 4 members (excludes halogenated alkanes) is 20. The minimum atomic E-state index is -0.313. The van der Waals surface area contributed by atoms with Crippen molar-refractivity contribution in [2.75, 3.05) is 0 Å². The lowest BCUT2D eigenvalue weighted by Crippen LogP contribution is -2.35. The predicted molar refractivity (Wildman–Crippen MR) is 172 cm³/mol. The lowest BCUT2D eigenvalue weighted by atomic mass is 10.0. The quantitative estimate of drug-likeness (QED) is 0.0618. The van der Waals surface area contributed by atoms with Crippen molar-refractivity contribution in [3.8, 4) is 0 Å². The van der Waals surface area contributed by atoms with Crippen molar-refractivity contribution in [3.05, 3.63) is 0 Å². The molecule has 238 valence electrons. The Morgan fingerprint density at radius 1 is 0.375 bits per heavy atom. The number of hydrogen-bond acceptors (Lipinski definition) is 4. The van der Waals surface area contributed by atoms with Crippen LogP contribution in [0.15, 0.2) is 0 Å². The molecular weight excluding hydrogens is 496 g/mol. The van der Waals surface area contributed by atoms with Crippen LogP contribution < -0.4 is 0 Å². The van der Waals surface area contributed by atoms with Crippen LogP contribution in [-0.4, -0.2) is 24.1 Å². The van der Waals surface area contributed by atoms with Crippen molar-refractivity contribution < 1.29 is 19.1 Å². The van der Waals surface area contributed by atoms with Crippen LogP contribution in [0.1, 0.15) is 207 Å². The summed E-state index contributed by atoms with van der Waals surface area (Å²) in [5.74, 6) is -0.256. The molecule has 0 aromatic rings. The highest BCUT2D eigenvalue weighted by Gasteiger charge is 2.27. The molecule has 2 unspecified atom stereocenters. The molecule has 0 amide bonds. The molecule has 0 saturated heterocycles. The summed E-state index contributed by atoms with van der Waals surface area (Å²) in [6.07, 6.45) is 31.5.